The fourth-order valence-corrected chi connectivity index (χ4v) is 4.10. The molecule has 29 heavy (non-hydrogen) atoms. The highest BCUT2D eigenvalue weighted by Gasteiger charge is 2.36. The Morgan fingerprint density at radius 2 is 1.90 bits per heavy atom. The van der Waals surface area contributed by atoms with Crippen LogP contribution in [0, 0.1) is 0 Å². The van der Waals surface area contributed by atoms with Crippen LogP contribution >= 0.6 is 0 Å². The van der Waals surface area contributed by atoms with Crippen molar-refractivity contribution in [1.82, 2.24) is 10.3 Å². The normalized spacial score (nSPS) is 19.4. The highest BCUT2D eigenvalue weighted by Crippen LogP contribution is 2.37. The zero-order valence-electron chi connectivity index (χ0n) is 16.5. The maximum Gasteiger partial charge on any atom is 0.274 e. The van der Waals surface area contributed by atoms with Crippen molar-refractivity contribution < 1.29 is 14.3 Å². The van der Waals surface area contributed by atoms with E-state index in [1.54, 1.807) is 17.2 Å². The number of nitrogens with zero attached hydrogens (tertiary/aromatic N) is 2. The first kappa shape index (κ1) is 19.4. The topological polar surface area (TPSA) is 71.5 Å². The minimum atomic E-state index is -0.691. The first-order chi connectivity index (χ1) is 14.2. The van der Waals surface area contributed by atoms with Gasteiger partial charge in [-0.25, -0.2) is 4.98 Å². The molecule has 2 heterocycles. The molecular formula is C23H27N3O3. The Labute approximate surface area is 171 Å². The Balaban J connectivity index is 1.41. The van der Waals surface area contributed by atoms with Crippen molar-refractivity contribution in [3.05, 3.63) is 54.2 Å². The molecule has 0 radical (unpaired) electrons. The molecule has 2 aromatic rings. The second-order valence-electron chi connectivity index (χ2n) is 7.73. The first-order valence-corrected chi connectivity index (χ1v) is 10.5. The number of benzene rings is 1. The Morgan fingerprint density at radius 3 is 2.69 bits per heavy atom. The van der Waals surface area contributed by atoms with Gasteiger partial charge in [-0.2, -0.15) is 0 Å². The fraction of sp³-hybridized carbons (Fsp3) is 0.435. The Hall–Kier alpha value is -2.89. The smallest absolute Gasteiger partial charge is 0.274 e. The van der Waals surface area contributed by atoms with Crippen LogP contribution in [0.5, 0.6) is 5.75 Å². The van der Waals surface area contributed by atoms with Crippen LogP contribution in [0.2, 0.25) is 0 Å². The Bertz CT molecular complexity index is 849. The summed E-state index contributed by atoms with van der Waals surface area (Å²) < 4.78 is 5.96. The van der Waals surface area contributed by atoms with Gasteiger partial charge in [-0.3, -0.25) is 14.5 Å². The van der Waals surface area contributed by atoms with Crippen molar-refractivity contribution in [2.24, 2.45) is 0 Å². The van der Waals surface area contributed by atoms with E-state index in [1.165, 1.54) is 19.3 Å². The molecule has 6 nitrogen and oxygen atoms in total. The Kier molecular flexibility index (Phi) is 6.08. The van der Waals surface area contributed by atoms with Crippen LogP contribution in [-0.4, -0.2) is 29.4 Å². The van der Waals surface area contributed by atoms with E-state index in [0.717, 1.165) is 18.4 Å². The summed E-state index contributed by atoms with van der Waals surface area (Å²) in [6.07, 6.45) is 7.74. The third-order valence-corrected chi connectivity index (χ3v) is 5.60. The average Bonchev–Trinajstić information content (AvgIpc) is 2.76. The molecule has 0 saturated heterocycles. The SMILES string of the molecule is O=C(CCCN1C(=O)[C@@H](c2ccccc2)Oc2cccnc21)NC1CCCCC1. The molecule has 1 aromatic carbocycles. The van der Waals surface area contributed by atoms with Gasteiger partial charge in [-0.05, 0) is 31.4 Å². The van der Waals surface area contributed by atoms with Crippen molar-refractivity contribution in [1.29, 1.82) is 0 Å². The largest absolute Gasteiger partial charge is 0.472 e. The van der Waals surface area contributed by atoms with Gasteiger partial charge in [0.15, 0.2) is 11.6 Å². The van der Waals surface area contributed by atoms with Gasteiger partial charge >= 0.3 is 0 Å². The predicted molar refractivity (Wildman–Crippen MR) is 111 cm³/mol. The molecule has 0 unspecified atom stereocenters. The molecule has 4 rings (SSSR count). The highest BCUT2D eigenvalue weighted by atomic mass is 16.5. The standard InChI is InChI=1S/C23H27N3O3/c27-20(25-18-11-5-2-6-12-18)14-8-16-26-22-19(13-7-15-24-22)29-21(23(26)28)17-9-3-1-4-10-17/h1,3-4,7,9-10,13,15,18,21H,2,5-6,8,11-12,14,16H2,(H,25,27)/t21-/m1/s1. The highest BCUT2D eigenvalue weighted by molar-refractivity contribution is 5.99. The summed E-state index contributed by atoms with van der Waals surface area (Å²) in [5, 5.41) is 3.14. The third-order valence-electron chi connectivity index (χ3n) is 5.60. The molecule has 0 bridgehead atoms. The van der Waals surface area contributed by atoms with Crippen LogP contribution in [-0.2, 0) is 9.59 Å². The van der Waals surface area contributed by atoms with E-state index in [4.69, 9.17) is 4.74 Å². The molecule has 1 saturated carbocycles. The fourth-order valence-electron chi connectivity index (χ4n) is 4.10. The van der Waals surface area contributed by atoms with Crippen LogP contribution in [0.25, 0.3) is 0 Å². The van der Waals surface area contributed by atoms with Crippen LogP contribution in [0.3, 0.4) is 0 Å². The molecular weight excluding hydrogens is 366 g/mol. The van der Waals surface area contributed by atoms with Crippen LogP contribution in [0.1, 0.15) is 56.6 Å². The molecule has 6 heteroatoms. The number of nitrogens with one attached hydrogen (secondary N) is 1. The van der Waals surface area contributed by atoms with Crippen molar-refractivity contribution in [2.75, 3.05) is 11.4 Å². The van der Waals surface area contributed by atoms with Crippen molar-refractivity contribution >= 4 is 17.6 Å². The van der Waals surface area contributed by atoms with E-state index in [9.17, 15) is 9.59 Å². The van der Waals surface area contributed by atoms with Gasteiger partial charge in [-0.1, -0.05) is 49.6 Å². The summed E-state index contributed by atoms with van der Waals surface area (Å²) in [4.78, 5) is 31.5. The lowest BCUT2D eigenvalue weighted by atomic mass is 9.95. The second kappa shape index (κ2) is 9.07. The summed E-state index contributed by atoms with van der Waals surface area (Å²) in [5.41, 5.74) is 0.812. The van der Waals surface area contributed by atoms with Gasteiger partial charge in [0, 0.05) is 30.8 Å². The molecule has 2 amide bonds. The molecule has 1 aliphatic carbocycles. The number of fused-ring (bicyclic) bond motifs is 1. The summed E-state index contributed by atoms with van der Waals surface area (Å²) in [6.45, 7) is 0.438. The van der Waals surface area contributed by atoms with E-state index < -0.39 is 6.10 Å². The van der Waals surface area contributed by atoms with E-state index in [2.05, 4.69) is 10.3 Å². The van der Waals surface area contributed by atoms with Crippen molar-refractivity contribution in [2.45, 2.75) is 57.1 Å². The van der Waals surface area contributed by atoms with E-state index in [0.29, 0.717) is 37.0 Å². The lowest BCUT2D eigenvalue weighted by Gasteiger charge is -2.33. The number of pyridine rings is 1. The number of hydrogen-bond acceptors (Lipinski definition) is 4. The lowest BCUT2D eigenvalue weighted by Crippen LogP contribution is -2.42. The number of carbonyl (C=O) groups is 2. The number of amides is 2. The number of rotatable bonds is 6. The van der Waals surface area contributed by atoms with E-state index in [-0.39, 0.29) is 11.8 Å². The van der Waals surface area contributed by atoms with E-state index in [1.807, 2.05) is 36.4 Å². The van der Waals surface area contributed by atoms with Gasteiger partial charge < -0.3 is 10.1 Å². The minimum absolute atomic E-state index is 0.0680. The zero-order valence-corrected chi connectivity index (χ0v) is 16.5. The van der Waals surface area contributed by atoms with Gasteiger partial charge in [0.05, 0.1) is 0 Å². The van der Waals surface area contributed by atoms with Crippen LogP contribution in [0.15, 0.2) is 48.7 Å². The van der Waals surface area contributed by atoms with E-state index >= 15 is 0 Å². The molecule has 1 N–H and O–H groups in total. The van der Waals surface area contributed by atoms with Crippen molar-refractivity contribution in [3.8, 4) is 5.75 Å². The van der Waals surface area contributed by atoms with Gasteiger partial charge in [0.25, 0.3) is 5.91 Å². The molecule has 1 atom stereocenters. The molecule has 2 aliphatic rings. The number of aromatic nitrogens is 1. The zero-order chi connectivity index (χ0) is 20.1. The molecule has 152 valence electrons. The summed E-state index contributed by atoms with van der Waals surface area (Å²) >= 11 is 0. The predicted octanol–water partition coefficient (Wildman–Crippen LogP) is 3.78. The Morgan fingerprint density at radius 1 is 1.10 bits per heavy atom. The molecule has 1 aromatic heterocycles. The number of carbonyl (C=O) groups excluding carboxylic acids is 2. The monoisotopic (exact) mass is 393 g/mol. The van der Waals surface area contributed by atoms with Gasteiger partial charge in [-0.15, -0.1) is 0 Å². The number of anilines is 1. The number of ether oxygens (including phenoxy) is 1. The van der Waals surface area contributed by atoms with Crippen LogP contribution in [0.4, 0.5) is 5.82 Å². The lowest BCUT2D eigenvalue weighted by molar-refractivity contribution is -0.127. The van der Waals surface area contributed by atoms with Gasteiger partial charge in [0.1, 0.15) is 0 Å². The van der Waals surface area contributed by atoms with Crippen LogP contribution < -0.4 is 15.0 Å². The first-order valence-electron chi connectivity index (χ1n) is 10.5. The summed E-state index contributed by atoms with van der Waals surface area (Å²) in [6, 6.07) is 13.4. The van der Waals surface area contributed by atoms with Gasteiger partial charge in [0.2, 0.25) is 12.0 Å². The molecule has 0 spiro atoms. The second-order valence-corrected chi connectivity index (χ2v) is 7.73. The van der Waals surface area contributed by atoms with Crippen molar-refractivity contribution in [3.63, 3.8) is 0 Å². The quantitative estimate of drug-likeness (QED) is 0.811. The maximum absolute atomic E-state index is 13.1. The molecule has 1 aliphatic heterocycles. The maximum atomic E-state index is 13.1. The third kappa shape index (κ3) is 4.58. The average molecular weight is 393 g/mol. The summed E-state index contributed by atoms with van der Waals surface area (Å²) in [5.74, 6) is 1.04. The minimum Gasteiger partial charge on any atom is -0.472 e. The molecule has 1 fully saturated rings. The number of hydrogen-bond donors (Lipinski definition) is 1. The summed E-state index contributed by atoms with van der Waals surface area (Å²) in [7, 11) is 0.